The summed E-state index contributed by atoms with van der Waals surface area (Å²) in [5, 5.41) is 9.27. The van der Waals surface area contributed by atoms with Crippen LogP contribution in [-0.2, 0) is 6.54 Å². The van der Waals surface area contributed by atoms with E-state index in [1.165, 1.54) is 0 Å². The molecule has 0 bridgehead atoms. The Morgan fingerprint density at radius 1 is 1.27 bits per heavy atom. The summed E-state index contributed by atoms with van der Waals surface area (Å²) in [5.41, 5.74) is 2.12. The second-order valence-corrected chi connectivity index (χ2v) is 4.90. The van der Waals surface area contributed by atoms with Gasteiger partial charge in [0.15, 0.2) is 0 Å². The minimum Gasteiger partial charge on any atom is -0.496 e. The molecule has 0 unspecified atom stereocenters. The summed E-state index contributed by atoms with van der Waals surface area (Å²) in [6.45, 7) is 2.33. The molecule has 2 aromatic rings. The smallest absolute Gasteiger partial charge is 0.256 e. The molecule has 22 heavy (non-hydrogen) atoms. The average Bonchev–Trinajstić information content (AvgIpc) is 2.55. The third kappa shape index (κ3) is 3.62. The number of amides is 1. The number of para-hydroxylation sites is 1. The third-order valence-corrected chi connectivity index (χ3v) is 3.45. The van der Waals surface area contributed by atoms with Gasteiger partial charge in [-0.15, -0.1) is 0 Å². The van der Waals surface area contributed by atoms with Crippen molar-refractivity contribution >= 4 is 5.91 Å². The van der Waals surface area contributed by atoms with Crippen LogP contribution in [-0.4, -0.2) is 41.2 Å². The van der Waals surface area contributed by atoms with E-state index in [9.17, 15) is 9.90 Å². The minimum atomic E-state index is -0.148. The fourth-order valence-electron chi connectivity index (χ4n) is 2.29. The van der Waals surface area contributed by atoms with Gasteiger partial charge in [0, 0.05) is 30.5 Å². The Kier molecular flexibility index (Phi) is 5.49. The van der Waals surface area contributed by atoms with Crippen molar-refractivity contribution in [2.24, 2.45) is 0 Å². The molecule has 0 aliphatic rings. The second kappa shape index (κ2) is 7.56. The number of carbonyl (C=O) groups excluding carboxylic acids is 1. The standard InChI is InChI=1S/C17H20N2O3/c1-13-15(7-5-9-18-13)17(21)19(10-11-20)12-14-6-3-4-8-16(14)22-2/h3-9,20H,10-12H2,1-2H3. The van der Waals surface area contributed by atoms with Crippen LogP contribution < -0.4 is 4.74 Å². The van der Waals surface area contributed by atoms with Crippen molar-refractivity contribution in [1.29, 1.82) is 0 Å². The zero-order valence-corrected chi connectivity index (χ0v) is 12.8. The second-order valence-electron chi connectivity index (χ2n) is 4.90. The molecule has 0 aliphatic carbocycles. The van der Waals surface area contributed by atoms with E-state index >= 15 is 0 Å². The Balaban J connectivity index is 2.26. The highest BCUT2D eigenvalue weighted by molar-refractivity contribution is 5.95. The number of aliphatic hydroxyl groups excluding tert-OH is 1. The van der Waals surface area contributed by atoms with Gasteiger partial charge < -0.3 is 14.7 Å². The maximum absolute atomic E-state index is 12.7. The molecule has 1 amide bonds. The summed E-state index contributed by atoms with van der Waals surface area (Å²) in [5.74, 6) is 0.576. The number of carbonyl (C=O) groups is 1. The van der Waals surface area contributed by atoms with Gasteiger partial charge in [-0.05, 0) is 25.1 Å². The number of methoxy groups -OCH3 is 1. The van der Waals surface area contributed by atoms with Gasteiger partial charge in [0.25, 0.3) is 5.91 Å². The van der Waals surface area contributed by atoms with E-state index in [4.69, 9.17) is 4.74 Å². The predicted octanol–water partition coefficient (Wildman–Crippen LogP) is 2.03. The Morgan fingerprint density at radius 3 is 2.73 bits per heavy atom. The topological polar surface area (TPSA) is 62.7 Å². The Hall–Kier alpha value is -2.40. The van der Waals surface area contributed by atoms with E-state index in [0.717, 1.165) is 11.3 Å². The van der Waals surface area contributed by atoms with E-state index in [0.29, 0.717) is 17.8 Å². The monoisotopic (exact) mass is 300 g/mol. The number of hydrogen-bond acceptors (Lipinski definition) is 4. The molecule has 0 fully saturated rings. The highest BCUT2D eigenvalue weighted by atomic mass is 16.5. The van der Waals surface area contributed by atoms with E-state index in [2.05, 4.69) is 4.98 Å². The van der Waals surface area contributed by atoms with Crippen molar-refractivity contribution in [3.05, 3.63) is 59.4 Å². The maximum atomic E-state index is 12.7. The zero-order valence-electron chi connectivity index (χ0n) is 12.8. The predicted molar refractivity (Wildman–Crippen MR) is 83.8 cm³/mol. The van der Waals surface area contributed by atoms with Gasteiger partial charge in [-0.1, -0.05) is 18.2 Å². The number of nitrogens with zero attached hydrogens (tertiary/aromatic N) is 2. The number of aryl methyl sites for hydroxylation is 1. The van der Waals surface area contributed by atoms with Crippen LogP contribution >= 0.6 is 0 Å². The van der Waals surface area contributed by atoms with Crippen LogP contribution in [0.4, 0.5) is 0 Å². The number of rotatable bonds is 6. The van der Waals surface area contributed by atoms with Crippen molar-refractivity contribution < 1.29 is 14.6 Å². The fourth-order valence-corrected chi connectivity index (χ4v) is 2.29. The number of hydrogen-bond donors (Lipinski definition) is 1. The van der Waals surface area contributed by atoms with E-state index < -0.39 is 0 Å². The fraction of sp³-hybridized carbons (Fsp3) is 0.294. The average molecular weight is 300 g/mol. The molecule has 0 saturated heterocycles. The van der Waals surface area contributed by atoms with Gasteiger partial charge in [-0.25, -0.2) is 0 Å². The van der Waals surface area contributed by atoms with Crippen molar-refractivity contribution in [1.82, 2.24) is 9.88 Å². The molecule has 1 heterocycles. The largest absolute Gasteiger partial charge is 0.496 e. The van der Waals surface area contributed by atoms with Crippen molar-refractivity contribution in [3.63, 3.8) is 0 Å². The lowest BCUT2D eigenvalue weighted by atomic mass is 10.1. The Labute approximate surface area is 130 Å². The number of benzene rings is 1. The summed E-state index contributed by atoms with van der Waals surface area (Å²) in [7, 11) is 1.60. The Bertz CT molecular complexity index is 643. The molecule has 0 spiro atoms. The van der Waals surface area contributed by atoms with Gasteiger partial charge in [-0.2, -0.15) is 0 Å². The summed E-state index contributed by atoms with van der Waals surface area (Å²) in [6, 6.07) is 11.0. The number of aliphatic hydroxyl groups is 1. The first-order chi connectivity index (χ1) is 10.7. The molecular weight excluding hydrogens is 280 g/mol. The van der Waals surface area contributed by atoms with E-state index in [1.54, 1.807) is 37.3 Å². The number of ether oxygens (including phenoxy) is 1. The molecule has 116 valence electrons. The molecule has 0 radical (unpaired) electrons. The van der Waals surface area contributed by atoms with Gasteiger partial charge in [0.2, 0.25) is 0 Å². The van der Waals surface area contributed by atoms with Crippen molar-refractivity contribution in [2.45, 2.75) is 13.5 Å². The van der Waals surface area contributed by atoms with Gasteiger partial charge in [0.1, 0.15) is 5.75 Å². The minimum absolute atomic E-state index is 0.0970. The van der Waals surface area contributed by atoms with Crippen LogP contribution in [0, 0.1) is 6.92 Å². The molecular formula is C17H20N2O3. The zero-order chi connectivity index (χ0) is 15.9. The third-order valence-electron chi connectivity index (χ3n) is 3.45. The summed E-state index contributed by atoms with van der Waals surface area (Å²) in [4.78, 5) is 18.4. The molecule has 1 N–H and O–H groups in total. The molecule has 5 heteroatoms. The first kappa shape index (κ1) is 16.0. The molecule has 2 rings (SSSR count). The van der Waals surface area contributed by atoms with E-state index in [-0.39, 0.29) is 19.1 Å². The number of aromatic nitrogens is 1. The Morgan fingerprint density at radius 2 is 2.05 bits per heavy atom. The lowest BCUT2D eigenvalue weighted by Gasteiger charge is -2.23. The van der Waals surface area contributed by atoms with Gasteiger partial charge >= 0.3 is 0 Å². The molecule has 1 aromatic carbocycles. The van der Waals surface area contributed by atoms with E-state index in [1.807, 2.05) is 24.3 Å². The first-order valence-electron chi connectivity index (χ1n) is 7.11. The highest BCUT2D eigenvalue weighted by Gasteiger charge is 2.19. The maximum Gasteiger partial charge on any atom is 0.256 e. The molecule has 0 atom stereocenters. The van der Waals surface area contributed by atoms with Gasteiger partial charge in [-0.3, -0.25) is 9.78 Å². The summed E-state index contributed by atoms with van der Waals surface area (Å²) >= 11 is 0. The molecule has 1 aromatic heterocycles. The SMILES string of the molecule is COc1ccccc1CN(CCO)C(=O)c1cccnc1C. The quantitative estimate of drug-likeness (QED) is 0.886. The van der Waals surface area contributed by atoms with Crippen molar-refractivity contribution in [2.75, 3.05) is 20.3 Å². The molecule has 0 saturated carbocycles. The van der Waals surface area contributed by atoms with Crippen LogP contribution in [0.1, 0.15) is 21.6 Å². The summed E-state index contributed by atoms with van der Waals surface area (Å²) < 4.78 is 5.32. The molecule has 0 aliphatic heterocycles. The summed E-state index contributed by atoms with van der Waals surface area (Å²) in [6.07, 6.45) is 1.66. The van der Waals surface area contributed by atoms with Crippen LogP contribution in [0.3, 0.4) is 0 Å². The number of pyridine rings is 1. The van der Waals surface area contributed by atoms with Crippen LogP contribution in [0.25, 0.3) is 0 Å². The first-order valence-corrected chi connectivity index (χ1v) is 7.11. The normalized spacial score (nSPS) is 10.3. The lowest BCUT2D eigenvalue weighted by molar-refractivity contribution is 0.0705. The highest BCUT2D eigenvalue weighted by Crippen LogP contribution is 2.20. The van der Waals surface area contributed by atoms with Gasteiger partial charge in [0.05, 0.1) is 19.3 Å². The lowest BCUT2D eigenvalue weighted by Crippen LogP contribution is -2.33. The van der Waals surface area contributed by atoms with Crippen molar-refractivity contribution in [3.8, 4) is 5.75 Å². The van der Waals surface area contributed by atoms with Crippen LogP contribution in [0.5, 0.6) is 5.75 Å². The van der Waals surface area contributed by atoms with Crippen LogP contribution in [0.2, 0.25) is 0 Å². The molecule has 5 nitrogen and oxygen atoms in total. The van der Waals surface area contributed by atoms with Crippen LogP contribution in [0.15, 0.2) is 42.6 Å².